The number of aliphatic hydroxyl groups is 1. The molecule has 4 heteroatoms. The number of hydrogen-bond acceptors (Lipinski definition) is 3. The molecule has 4 N–H and O–H groups in total. The average Bonchev–Trinajstić information content (AvgIpc) is 2.97. The van der Waals surface area contributed by atoms with E-state index in [1.165, 1.54) is 0 Å². The number of hydrogen-bond donors (Lipinski definition) is 3. The van der Waals surface area contributed by atoms with Crippen LogP contribution in [0.1, 0.15) is 44.9 Å². The Balaban J connectivity index is 1.95. The third-order valence-corrected chi connectivity index (χ3v) is 4.55. The lowest BCUT2D eigenvalue weighted by atomic mass is 9.92. The molecule has 0 heterocycles. The highest BCUT2D eigenvalue weighted by atomic mass is 16.3. The van der Waals surface area contributed by atoms with Gasteiger partial charge in [-0.2, -0.15) is 0 Å². The van der Waals surface area contributed by atoms with E-state index in [1.807, 2.05) is 0 Å². The normalized spacial score (nSPS) is 31.6. The molecule has 0 aromatic heterocycles. The van der Waals surface area contributed by atoms with E-state index < -0.39 is 0 Å². The predicted octanol–water partition coefficient (Wildman–Crippen LogP) is 0.783. The van der Waals surface area contributed by atoms with Crippen LogP contribution in [0.3, 0.4) is 0 Å². The Kier molecular flexibility index (Phi) is 4.05. The summed E-state index contributed by atoms with van der Waals surface area (Å²) in [5, 5.41) is 12.6. The molecule has 0 radical (unpaired) electrons. The topological polar surface area (TPSA) is 75.4 Å². The van der Waals surface area contributed by atoms with Gasteiger partial charge in [0.05, 0.1) is 12.1 Å². The number of carbonyl (C=O) groups excluding carboxylic acids is 1. The van der Waals surface area contributed by atoms with Crippen molar-refractivity contribution in [3.63, 3.8) is 0 Å². The molecule has 2 rings (SSSR count). The van der Waals surface area contributed by atoms with Crippen LogP contribution < -0.4 is 11.1 Å². The Labute approximate surface area is 103 Å². The van der Waals surface area contributed by atoms with Crippen molar-refractivity contribution in [2.45, 2.75) is 50.5 Å². The molecular formula is C13H24N2O2. The summed E-state index contributed by atoms with van der Waals surface area (Å²) in [4.78, 5) is 12.3. The van der Waals surface area contributed by atoms with Gasteiger partial charge in [0.2, 0.25) is 5.91 Å². The van der Waals surface area contributed by atoms with Gasteiger partial charge in [-0.25, -0.2) is 0 Å². The van der Waals surface area contributed by atoms with Crippen LogP contribution in [0, 0.1) is 11.8 Å². The molecule has 0 saturated heterocycles. The average molecular weight is 240 g/mol. The summed E-state index contributed by atoms with van der Waals surface area (Å²) in [6.45, 7) is 0.670. The van der Waals surface area contributed by atoms with Crippen molar-refractivity contribution in [2.24, 2.45) is 17.6 Å². The van der Waals surface area contributed by atoms with Crippen molar-refractivity contribution in [3.8, 4) is 0 Å². The van der Waals surface area contributed by atoms with Crippen LogP contribution in [-0.4, -0.2) is 29.7 Å². The van der Waals surface area contributed by atoms with E-state index >= 15 is 0 Å². The van der Waals surface area contributed by atoms with Crippen molar-refractivity contribution < 1.29 is 9.90 Å². The van der Waals surface area contributed by atoms with Crippen LogP contribution in [0.25, 0.3) is 0 Å². The molecular weight excluding hydrogens is 216 g/mol. The zero-order chi connectivity index (χ0) is 12.3. The monoisotopic (exact) mass is 240 g/mol. The van der Waals surface area contributed by atoms with Crippen molar-refractivity contribution >= 4 is 5.91 Å². The van der Waals surface area contributed by atoms with E-state index in [2.05, 4.69) is 5.32 Å². The highest BCUT2D eigenvalue weighted by Gasteiger charge is 2.39. The molecule has 2 unspecified atom stereocenters. The first kappa shape index (κ1) is 12.8. The summed E-state index contributed by atoms with van der Waals surface area (Å²) < 4.78 is 0. The van der Waals surface area contributed by atoms with Gasteiger partial charge in [0, 0.05) is 5.92 Å². The molecule has 2 aliphatic carbocycles. The molecule has 0 spiro atoms. The standard InChI is InChI=1S/C13H24N2O2/c14-8-10-4-3-5-11(10)12(17)15-13(9-16)6-1-2-7-13/h10-11,16H,1-9,14H2,(H,15,17). The van der Waals surface area contributed by atoms with Crippen molar-refractivity contribution in [1.82, 2.24) is 5.32 Å². The number of aliphatic hydroxyl groups excluding tert-OH is 1. The maximum absolute atomic E-state index is 12.3. The van der Waals surface area contributed by atoms with Gasteiger partial charge in [0.15, 0.2) is 0 Å². The molecule has 1 amide bonds. The van der Waals surface area contributed by atoms with E-state index in [9.17, 15) is 9.90 Å². The van der Waals surface area contributed by atoms with Crippen LogP contribution >= 0.6 is 0 Å². The molecule has 0 aliphatic heterocycles. The lowest BCUT2D eigenvalue weighted by Crippen LogP contribution is -2.52. The third-order valence-electron chi connectivity index (χ3n) is 4.55. The summed E-state index contributed by atoms with van der Waals surface area (Å²) in [6.07, 6.45) is 7.16. The quantitative estimate of drug-likeness (QED) is 0.680. The molecule has 2 aliphatic rings. The van der Waals surface area contributed by atoms with Gasteiger partial charge in [-0.1, -0.05) is 19.3 Å². The van der Waals surface area contributed by atoms with E-state index in [0.717, 1.165) is 44.9 Å². The minimum Gasteiger partial charge on any atom is -0.394 e. The van der Waals surface area contributed by atoms with Crippen LogP contribution in [0.2, 0.25) is 0 Å². The molecule has 2 saturated carbocycles. The molecule has 4 nitrogen and oxygen atoms in total. The smallest absolute Gasteiger partial charge is 0.223 e. The van der Waals surface area contributed by atoms with Crippen LogP contribution in [0.4, 0.5) is 0 Å². The second kappa shape index (κ2) is 5.36. The minimum absolute atomic E-state index is 0.0682. The fourth-order valence-electron chi connectivity index (χ4n) is 3.39. The fraction of sp³-hybridized carbons (Fsp3) is 0.923. The summed E-state index contributed by atoms with van der Waals surface area (Å²) in [5.74, 6) is 0.532. The van der Waals surface area contributed by atoms with E-state index in [0.29, 0.717) is 12.5 Å². The molecule has 2 atom stereocenters. The maximum atomic E-state index is 12.3. The largest absolute Gasteiger partial charge is 0.394 e. The second-order valence-corrected chi connectivity index (χ2v) is 5.67. The summed E-state index contributed by atoms with van der Waals surface area (Å²) >= 11 is 0. The summed E-state index contributed by atoms with van der Waals surface area (Å²) in [6, 6.07) is 0. The molecule has 0 bridgehead atoms. The van der Waals surface area contributed by atoms with Gasteiger partial charge < -0.3 is 16.2 Å². The van der Waals surface area contributed by atoms with Gasteiger partial charge in [0.1, 0.15) is 0 Å². The Morgan fingerprint density at radius 1 is 1.29 bits per heavy atom. The minimum atomic E-state index is -0.335. The van der Waals surface area contributed by atoms with Crippen LogP contribution in [-0.2, 0) is 4.79 Å². The van der Waals surface area contributed by atoms with Gasteiger partial charge >= 0.3 is 0 Å². The lowest BCUT2D eigenvalue weighted by Gasteiger charge is -2.30. The Bertz CT molecular complexity index is 275. The number of amides is 1. The number of carbonyl (C=O) groups is 1. The zero-order valence-electron chi connectivity index (χ0n) is 10.5. The summed E-state index contributed by atoms with van der Waals surface area (Å²) in [5.41, 5.74) is 5.37. The van der Waals surface area contributed by atoms with Crippen molar-refractivity contribution in [1.29, 1.82) is 0 Å². The first-order valence-electron chi connectivity index (χ1n) is 6.84. The third kappa shape index (κ3) is 2.63. The predicted molar refractivity (Wildman–Crippen MR) is 66.3 cm³/mol. The maximum Gasteiger partial charge on any atom is 0.223 e. The van der Waals surface area contributed by atoms with Crippen LogP contribution in [0.15, 0.2) is 0 Å². The highest BCUT2D eigenvalue weighted by molar-refractivity contribution is 5.80. The Morgan fingerprint density at radius 3 is 2.59 bits per heavy atom. The number of nitrogens with two attached hydrogens (primary N) is 1. The molecule has 17 heavy (non-hydrogen) atoms. The van der Waals surface area contributed by atoms with Gasteiger partial charge in [-0.15, -0.1) is 0 Å². The van der Waals surface area contributed by atoms with Crippen LogP contribution in [0.5, 0.6) is 0 Å². The van der Waals surface area contributed by atoms with E-state index in [1.54, 1.807) is 0 Å². The SMILES string of the molecule is NCC1CCCC1C(=O)NC1(CO)CCCC1. The zero-order valence-corrected chi connectivity index (χ0v) is 10.5. The Hall–Kier alpha value is -0.610. The van der Waals surface area contributed by atoms with E-state index in [4.69, 9.17) is 5.73 Å². The van der Waals surface area contributed by atoms with Gasteiger partial charge in [-0.05, 0) is 38.1 Å². The first-order valence-corrected chi connectivity index (χ1v) is 6.84. The second-order valence-electron chi connectivity index (χ2n) is 5.67. The Morgan fingerprint density at radius 2 is 2.00 bits per heavy atom. The van der Waals surface area contributed by atoms with Crippen molar-refractivity contribution in [3.05, 3.63) is 0 Å². The molecule has 0 aromatic carbocycles. The van der Waals surface area contributed by atoms with Gasteiger partial charge in [0.25, 0.3) is 0 Å². The molecule has 98 valence electrons. The number of rotatable bonds is 4. The fourth-order valence-corrected chi connectivity index (χ4v) is 3.39. The van der Waals surface area contributed by atoms with E-state index in [-0.39, 0.29) is 24.0 Å². The molecule has 2 fully saturated rings. The molecule has 0 aromatic rings. The lowest BCUT2D eigenvalue weighted by molar-refractivity contribution is -0.128. The number of nitrogens with one attached hydrogen (secondary N) is 1. The first-order chi connectivity index (χ1) is 8.21. The van der Waals surface area contributed by atoms with Crippen molar-refractivity contribution in [2.75, 3.05) is 13.2 Å². The summed E-state index contributed by atoms with van der Waals surface area (Å²) in [7, 11) is 0. The highest BCUT2D eigenvalue weighted by Crippen LogP contribution is 2.34. The van der Waals surface area contributed by atoms with Gasteiger partial charge in [-0.3, -0.25) is 4.79 Å².